The van der Waals surface area contributed by atoms with Crippen molar-refractivity contribution in [1.29, 1.82) is 0 Å². The molecule has 106 valence electrons. The van der Waals surface area contributed by atoms with Crippen molar-refractivity contribution in [3.8, 4) is 0 Å². The molecule has 2 rings (SSSR count). The Morgan fingerprint density at radius 3 is 2.30 bits per heavy atom. The van der Waals surface area contributed by atoms with Crippen molar-refractivity contribution in [2.75, 3.05) is 4.90 Å². The monoisotopic (exact) mass is 270 g/mol. The van der Waals surface area contributed by atoms with Crippen LogP contribution in [-0.4, -0.2) is 22.9 Å². The number of rotatable bonds is 4. The molecule has 0 unspecified atom stereocenters. The quantitative estimate of drug-likeness (QED) is 0.785. The summed E-state index contributed by atoms with van der Waals surface area (Å²) in [6, 6.07) is 6.57. The van der Waals surface area contributed by atoms with Crippen molar-refractivity contribution in [2.24, 2.45) is 0 Å². The highest BCUT2D eigenvalue weighted by atomic mass is 16.1. The molecule has 1 heterocycles. The predicted molar refractivity (Wildman–Crippen MR) is 84.5 cm³/mol. The van der Waals surface area contributed by atoms with Gasteiger partial charge in [-0.15, -0.1) is 0 Å². The number of carbonyl (C=O) groups is 1. The van der Waals surface area contributed by atoms with Crippen LogP contribution >= 0.6 is 0 Å². The molecule has 0 saturated carbocycles. The van der Waals surface area contributed by atoms with Crippen LogP contribution < -0.4 is 4.90 Å². The Morgan fingerprint density at radius 2 is 1.75 bits per heavy atom. The number of ketones is 1. The molecule has 0 atom stereocenters. The van der Waals surface area contributed by atoms with Gasteiger partial charge in [0.1, 0.15) is 0 Å². The van der Waals surface area contributed by atoms with Gasteiger partial charge in [-0.3, -0.25) is 9.78 Å². The lowest BCUT2D eigenvalue weighted by atomic mass is 10.0. The van der Waals surface area contributed by atoms with E-state index in [0.29, 0.717) is 12.1 Å². The van der Waals surface area contributed by atoms with Crippen molar-refractivity contribution in [2.45, 2.75) is 46.7 Å². The molecule has 0 radical (unpaired) electrons. The maximum atomic E-state index is 11.6. The van der Waals surface area contributed by atoms with Crippen LogP contribution in [0.5, 0.6) is 0 Å². The predicted octanol–water partition coefficient (Wildman–Crippen LogP) is 4.06. The summed E-state index contributed by atoms with van der Waals surface area (Å²) in [6.45, 7) is 10.3. The van der Waals surface area contributed by atoms with Gasteiger partial charge in [0.25, 0.3) is 0 Å². The molecule has 0 N–H and O–H groups in total. The van der Waals surface area contributed by atoms with E-state index in [4.69, 9.17) is 0 Å². The minimum atomic E-state index is 0.0929. The molecule has 0 spiro atoms. The molecule has 0 bridgehead atoms. The van der Waals surface area contributed by atoms with E-state index < -0.39 is 0 Å². The lowest BCUT2D eigenvalue weighted by Crippen LogP contribution is -2.37. The molecule has 0 aliphatic carbocycles. The zero-order chi connectivity index (χ0) is 14.9. The first-order valence-corrected chi connectivity index (χ1v) is 7.09. The van der Waals surface area contributed by atoms with Gasteiger partial charge in [-0.1, -0.05) is 12.1 Å². The van der Waals surface area contributed by atoms with Gasteiger partial charge in [-0.2, -0.15) is 0 Å². The Balaban J connectivity index is 2.68. The number of hydrogen-bond donors (Lipinski definition) is 0. The van der Waals surface area contributed by atoms with Crippen LogP contribution in [0.3, 0.4) is 0 Å². The molecular weight excluding hydrogens is 248 g/mol. The third-order valence-corrected chi connectivity index (χ3v) is 3.54. The van der Waals surface area contributed by atoms with E-state index in [-0.39, 0.29) is 5.78 Å². The topological polar surface area (TPSA) is 33.2 Å². The fourth-order valence-electron chi connectivity index (χ4n) is 2.73. The SMILES string of the molecule is CC(=O)c1ccc2cncc(N(C(C)C)C(C)C)c2c1. The first kappa shape index (κ1) is 14.5. The second kappa shape index (κ2) is 5.61. The van der Waals surface area contributed by atoms with Gasteiger partial charge in [0, 0.05) is 34.6 Å². The number of benzene rings is 1. The summed E-state index contributed by atoms with van der Waals surface area (Å²) in [7, 11) is 0. The van der Waals surface area contributed by atoms with Gasteiger partial charge in [-0.05, 0) is 40.7 Å². The number of fused-ring (bicyclic) bond motifs is 1. The van der Waals surface area contributed by atoms with Crippen molar-refractivity contribution >= 4 is 22.2 Å². The number of aromatic nitrogens is 1. The molecule has 2 aromatic rings. The Labute approximate surface area is 120 Å². The van der Waals surface area contributed by atoms with Crippen LogP contribution in [0.2, 0.25) is 0 Å². The molecule has 1 aromatic heterocycles. The molecule has 0 fully saturated rings. The number of anilines is 1. The number of pyridine rings is 1. The second-order valence-electron chi connectivity index (χ2n) is 5.75. The van der Waals surface area contributed by atoms with E-state index in [2.05, 4.69) is 37.6 Å². The van der Waals surface area contributed by atoms with Crippen molar-refractivity contribution < 1.29 is 4.79 Å². The normalized spacial score (nSPS) is 11.3. The second-order valence-corrected chi connectivity index (χ2v) is 5.75. The van der Waals surface area contributed by atoms with Crippen LogP contribution in [-0.2, 0) is 0 Å². The molecule has 0 aliphatic heterocycles. The average molecular weight is 270 g/mol. The van der Waals surface area contributed by atoms with E-state index in [1.165, 1.54) is 0 Å². The van der Waals surface area contributed by atoms with Crippen LogP contribution in [0.15, 0.2) is 30.6 Å². The molecule has 0 amide bonds. The van der Waals surface area contributed by atoms with E-state index in [0.717, 1.165) is 22.0 Å². The standard InChI is InChI=1S/C17H22N2O/c1-11(2)19(12(3)4)17-10-18-9-15-7-6-14(13(5)20)8-16(15)17/h6-12H,1-5H3. The Hall–Kier alpha value is -1.90. The fraction of sp³-hybridized carbons (Fsp3) is 0.412. The summed E-state index contributed by atoms with van der Waals surface area (Å²) >= 11 is 0. The van der Waals surface area contributed by atoms with E-state index >= 15 is 0 Å². The highest BCUT2D eigenvalue weighted by Gasteiger charge is 2.17. The van der Waals surface area contributed by atoms with Crippen LogP contribution in [0.4, 0.5) is 5.69 Å². The average Bonchev–Trinajstić information content (AvgIpc) is 2.37. The van der Waals surface area contributed by atoms with Gasteiger partial charge in [0.15, 0.2) is 5.78 Å². The fourth-order valence-corrected chi connectivity index (χ4v) is 2.73. The highest BCUT2D eigenvalue weighted by Crippen LogP contribution is 2.29. The van der Waals surface area contributed by atoms with Crippen molar-refractivity contribution in [3.63, 3.8) is 0 Å². The zero-order valence-electron chi connectivity index (χ0n) is 12.8. The Bertz CT molecular complexity index is 624. The van der Waals surface area contributed by atoms with E-state index in [9.17, 15) is 4.79 Å². The van der Waals surface area contributed by atoms with Gasteiger partial charge >= 0.3 is 0 Å². The molecule has 0 aliphatic rings. The number of hydrogen-bond acceptors (Lipinski definition) is 3. The van der Waals surface area contributed by atoms with Crippen LogP contribution in [0.25, 0.3) is 10.8 Å². The summed E-state index contributed by atoms with van der Waals surface area (Å²) < 4.78 is 0. The van der Waals surface area contributed by atoms with Crippen molar-refractivity contribution in [3.05, 3.63) is 36.2 Å². The van der Waals surface area contributed by atoms with E-state index in [1.54, 1.807) is 6.92 Å². The molecule has 20 heavy (non-hydrogen) atoms. The minimum Gasteiger partial charge on any atom is -0.365 e. The van der Waals surface area contributed by atoms with Gasteiger partial charge < -0.3 is 4.90 Å². The van der Waals surface area contributed by atoms with Gasteiger partial charge in [-0.25, -0.2) is 0 Å². The summed E-state index contributed by atoms with van der Waals surface area (Å²) in [6.07, 6.45) is 3.74. The highest BCUT2D eigenvalue weighted by molar-refractivity contribution is 6.01. The summed E-state index contributed by atoms with van der Waals surface area (Å²) in [5.74, 6) is 0.0929. The molecule has 3 heteroatoms. The van der Waals surface area contributed by atoms with Crippen molar-refractivity contribution in [1.82, 2.24) is 4.98 Å². The zero-order valence-corrected chi connectivity index (χ0v) is 12.8. The van der Waals surface area contributed by atoms with E-state index in [1.807, 2.05) is 30.6 Å². The Kier molecular flexibility index (Phi) is 4.07. The smallest absolute Gasteiger partial charge is 0.159 e. The third-order valence-electron chi connectivity index (χ3n) is 3.54. The number of nitrogens with zero attached hydrogens (tertiary/aromatic N) is 2. The first-order valence-electron chi connectivity index (χ1n) is 7.09. The largest absolute Gasteiger partial charge is 0.365 e. The molecular formula is C17H22N2O. The first-order chi connectivity index (χ1) is 9.41. The summed E-state index contributed by atoms with van der Waals surface area (Å²) in [5.41, 5.74) is 1.84. The summed E-state index contributed by atoms with van der Waals surface area (Å²) in [4.78, 5) is 18.3. The number of Topliss-reactive ketones (excluding diaryl/α,β-unsaturated/α-hetero) is 1. The van der Waals surface area contributed by atoms with Gasteiger partial charge in [0.2, 0.25) is 0 Å². The minimum absolute atomic E-state index is 0.0929. The van der Waals surface area contributed by atoms with Crippen LogP contribution in [0.1, 0.15) is 45.0 Å². The lowest BCUT2D eigenvalue weighted by molar-refractivity contribution is 0.101. The maximum absolute atomic E-state index is 11.6. The van der Waals surface area contributed by atoms with Gasteiger partial charge in [0.05, 0.1) is 11.9 Å². The maximum Gasteiger partial charge on any atom is 0.159 e. The molecule has 1 aromatic carbocycles. The summed E-state index contributed by atoms with van der Waals surface area (Å²) in [5, 5.41) is 2.16. The lowest BCUT2D eigenvalue weighted by Gasteiger charge is -2.33. The Morgan fingerprint density at radius 1 is 1.10 bits per heavy atom. The third kappa shape index (κ3) is 2.67. The number of carbonyl (C=O) groups excluding carboxylic acids is 1. The molecule has 3 nitrogen and oxygen atoms in total. The molecule has 0 saturated heterocycles. The van der Waals surface area contributed by atoms with Crippen LogP contribution in [0, 0.1) is 0 Å².